The van der Waals surface area contributed by atoms with E-state index < -0.39 is 12.1 Å². The van der Waals surface area contributed by atoms with Crippen molar-refractivity contribution in [2.45, 2.75) is 24.6 Å². The molecule has 0 amide bonds. The van der Waals surface area contributed by atoms with Gasteiger partial charge in [0.15, 0.2) is 11.3 Å². The van der Waals surface area contributed by atoms with E-state index in [9.17, 15) is 0 Å². The third-order valence-electron chi connectivity index (χ3n) is 7.72. The number of alkyl halides is 1. The first-order valence-corrected chi connectivity index (χ1v) is 13.4. The van der Waals surface area contributed by atoms with Crippen LogP contribution < -0.4 is 20.9 Å². The number of rotatable bonds is 4. The van der Waals surface area contributed by atoms with Crippen molar-refractivity contribution in [3.05, 3.63) is 40.1 Å². The zero-order valence-electron chi connectivity index (χ0n) is 20.6. The Labute approximate surface area is 219 Å². The first-order valence-electron chi connectivity index (χ1n) is 12.2. The number of nitrogens with two attached hydrogens (primary N) is 1. The zero-order chi connectivity index (χ0) is 25.2. The van der Waals surface area contributed by atoms with Gasteiger partial charge in [-0.15, -0.1) is 0 Å². The second-order valence-corrected chi connectivity index (χ2v) is 11.8. The maximum atomic E-state index is 16.6. The summed E-state index contributed by atoms with van der Waals surface area (Å²) in [6, 6.07) is 5.74. The number of hydrogen-bond donors (Lipinski definition) is 2. The van der Waals surface area contributed by atoms with Gasteiger partial charge in [0.05, 0.1) is 27.4 Å². The Kier molecular flexibility index (Phi) is 5.82. The van der Waals surface area contributed by atoms with Crippen molar-refractivity contribution in [3.8, 4) is 0 Å². The van der Waals surface area contributed by atoms with Crippen LogP contribution in [0.2, 0.25) is 0 Å². The molecule has 190 valence electrons. The molecule has 3 N–H and O–H groups in total. The van der Waals surface area contributed by atoms with Gasteiger partial charge in [-0.3, -0.25) is 0 Å². The lowest BCUT2D eigenvalue weighted by Crippen LogP contribution is -2.67. The molecule has 0 bridgehead atoms. The standard InChI is InChI=1S/C25H30ClFN8S/c1-25(33(2)3)12-35(13-25)24-31-21-15(22(32-24)34-9-7-29-8-10-34)11-16(26)18(19(21)27)14-5-4-6-17-20(14)30-23(28)36-17/h4-6,11,18-19,29H,7-10,12-13H2,1-3H3,(H2,28,30). The molecular formula is C25H30ClFN8S. The second kappa shape index (κ2) is 8.79. The molecule has 0 spiro atoms. The minimum Gasteiger partial charge on any atom is -0.375 e. The quantitative estimate of drug-likeness (QED) is 0.531. The topological polar surface area (TPSA) is 86.4 Å². The fourth-order valence-electron chi connectivity index (χ4n) is 5.34. The molecule has 2 fully saturated rings. The van der Waals surface area contributed by atoms with Gasteiger partial charge in [0.1, 0.15) is 5.82 Å². The number of nitrogens with one attached hydrogen (secondary N) is 1. The zero-order valence-corrected chi connectivity index (χ0v) is 22.2. The van der Waals surface area contributed by atoms with Crippen LogP contribution >= 0.6 is 22.9 Å². The number of aromatic nitrogens is 3. The SMILES string of the molecule is CN(C)C1(C)CN(c2nc3c(c(N4CCNCC4)n2)C=C(Cl)C(c2cccc4sc(N)nc24)C3F)C1. The summed E-state index contributed by atoms with van der Waals surface area (Å²) in [4.78, 5) is 20.8. The number of thiazole rings is 1. The highest BCUT2D eigenvalue weighted by molar-refractivity contribution is 7.22. The molecule has 36 heavy (non-hydrogen) atoms. The summed E-state index contributed by atoms with van der Waals surface area (Å²) in [6.07, 6.45) is 0.420. The largest absolute Gasteiger partial charge is 0.375 e. The molecule has 2 atom stereocenters. The molecule has 0 radical (unpaired) electrons. The molecule has 2 aliphatic heterocycles. The van der Waals surface area contributed by atoms with E-state index >= 15 is 4.39 Å². The lowest BCUT2D eigenvalue weighted by molar-refractivity contribution is 0.131. The lowest BCUT2D eigenvalue weighted by Gasteiger charge is -2.52. The van der Waals surface area contributed by atoms with Crippen LogP contribution in [0.3, 0.4) is 0 Å². The Balaban J connectivity index is 1.46. The number of likely N-dealkylation sites (N-methyl/N-ethyl adjacent to an activating group) is 1. The molecule has 11 heteroatoms. The number of para-hydroxylation sites is 1. The third-order valence-corrected chi connectivity index (χ3v) is 8.91. The summed E-state index contributed by atoms with van der Waals surface area (Å²) in [6.45, 7) is 7.08. The highest BCUT2D eigenvalue weighted by Crippen LogP contribution is 2.50. The first-order chi connectivity index (χ1) is 17.2. The van der Waals surface area contributed by atoms with Crippen LogP contribution in [0.15, 0.2) is 23.2 Å². The average molecular weight is 529 g/mol. The van der Waals surface area contributed by atoms with Crippen molar-refractivity contribution in [2.75, 3.05) is 68.9 Å². The summed E-state index contributed by atoms with van der Waals surface area (Å²) in [5, 5.41) is 4.26. The van der Waals surface area contributed by atoms with Crippen LogP contribution in [-0.4, -0.2) is 78.8 Å². The van der Waals surface area contributed by atoms with E-state index in [-0.39, 0.29) is 5.54 Å². The van der Waals surface area contributed by atoms with Gasteiger partial charge in [0, 0.05) is 49.9 Å². The minimum absolute atomic E-state index is 0.0372. The summed E-state index contributed by atoms with van der Waals surface area (Å²) in [5.41, 5.74) is 8.51. The second-order valence-electron chi connectivity index (χ2n) is 10.3. The van der Waals surface area contributed by atoms with Crippen LogP contribution in [0.1, 0.15) is 35.8 Å². The van der Waals surface area contributed by atoms with Crippen LogP contribution in [-0.2, 0) is 0 Å². The number of piperazine rings is 1. The number of nitrogen functional groups attached to an aromatic ring is 1. The van der Waals surface area contributed by atoms with E-state index in [1.165, 1.54) is 11.3 Å². The van der Waals surface area contributed by atoms with Gasteiger partial charge >= 0.3 is 0 Å². The van der Waals surface area contributed by atoms with Crippen LogP contribution in [0.5, 0.6) is 0 Å². The van der Waals surface area contributed by atoms with E-state index in [0.717, 1.165) is 55.3 Å². The molecule has 1 aliphatic carbocycles. The number of allylic oxidation sites excluding steroid dienone is 1. The molecule has 6 rings (SSSR count). The molecule has 0 saturated carbocycles. The number of nitrogens with zero attached hydrogens (tertiary/aromatic N) is 6. The Hall–Kier alpha value is -2.53. The fraction of sp³-hybridized carbons (Fsp3) is 0.480. The fourth-order valence-corrected chi connectivity index (χ4v) is 6.45. The van der Waals surface area contributed by atoms with Crippen molar-refractivity contribution in [1.82, 2.24) is 25.2 Å². The van der Waals surface area contributed by atoms with Crippen molar-refractivity contribution in [2.24, 2.45) is 0 Å². The van der Waals surface area contributed by atoms with Crippen molar-refractivity contribution in [1.29, 1.82) is 0 Å². The maximum Gasteiger partial charge on any atom is 0.227 e. The van der Waals surface area contributed by atoms with Gasteiger partial charge < -0.3 is 25.8 Å². The minimum atomic E-state index is -1.43. The Morgan fingerprint density at radius 1 is 1.17 bits per heavy atom. The van der Waals surface area contributed by atoms with Gasteiger partial charge in [0.2, 0.25) is 5.95 Å². The van der Waals surface area contributed by atoms with Crippen molar-refractivity contribution >= 4 is 56.1 Å². The molecule has 3 aromatic rings. The molecule has 2 saturated heterocycles. The third kappa shape index (κ3) is 3.82. The number of fused-ring (bicyclic) bond motifs is 2. The predicted molar refractivity (Wildman–Crippen MR) is 146 cm³/mol. The van der Waals surface area contributed by atoms with Crippen molar-refractivity contribution < 1.29 is 4.39 Å². The summed E-state index contributed by atoms with van der Waals surface area (Å²) in [5.74, 6) is 0.627. The van der Waals surface area contributed by atoms with E-state index in [0.29, 0.717) is 32.9 Å². The number of halogens is 2. The summed E-state index contributed by atoms with van der Waals surface area (Å²) < 4.78 is 17.5. The lowest BCUT2D eigenvalue weighted by atomic mass is 9.85. The molecular weight excluding hydrogens is 499 g/mol. The van der Waals surface area contributed by atoms with Gasteiger partial charge in [-0.1, -0.05) is 35.1 Å². The molecule has 8 nitrogen and oxygen atoms in total. The van der Waals surface area contributed by atoms with E-state index in [1.807, 2.05) is 24.3 Å². The Morgan fingerprint density at radius 3 is 2.64 bits per heavy atom. The van der Waals surface area contributed by atoms with Gasteiger partial charge in [0.25, 0.3) is 0 Å². The summed E-state index contributed by atoms with van der Waals surface area (Å²) >= 11 is 8.23. The first kappa shape index (κ1) is 23.8. The molecule has 1 aromatic carbocycles. The van der Waals surface area contributed by atoms with Gasteiger partial charge in [-0.2, -0.15) is 4.98 Å². The van der Waals surface area contributed by atoms with Gasteiger partial charge in [-0.05, 0) is 38.7 Å². The van der Waals surface area contributed by atoms with Crippen LogP contribution in [0, 0.1) is 0 Å². The maximum absolute atomic E-state index is 16.6. The van der Waals surface area contributed by atoms with E-state index in [2.05, 4.69) is 46.0 Å². The number of hydrogen-bond acceptors (Lipinski definition) is 9. The Morgan fingerprint density at radius 2 is 1.92 bits per heavy atom. The van der Waals surface area contributed by atoms with Crippen LogP contribution in [0.4, 0.5) is 21.3 Å². The van der Waals surface area contributed by atoms with E-state index in [1.54, 1.807) is 0 Å². The number of benzene rings is 1. The highest BCUT2D eigenvalue weighted by atomic mass is 35.5. The number of anilines is 3. The molecule has 2 aromatic heterocycles. The van der Waals surface area contributed by atoms with Crippen molar-refractivity contribution in [3.63, 3.8) is 0 Å². The van der Waals surface area contributed by atoms with Crippen LogP contribution in [0.25, 0.3) is 16.3 Å². The average Bonchev–Trinajstić information content (AvgIpc) is 3.23. The normalized spacial score (nSPS) is 23.6. The monoisotopic (exact) mass is 528 g/mol. The smallest absolute Gasteiger partial charge is 0.227 e. The Bertz CT molecular complexity index is 1350. The molecule has 3 aliphatic rings. The predicted octanol–water partition coefficient (Wildman–Crippen LogP) is 3.61. The highest BCUT2D eigenvalue weighted by Gasteiger charge is 2.44. The molecule has 2 unspecified atom stereocenters. The van der Waals surface area contributed by atoms with E-state index in [4.69, 9.17) is 27.3 Å². The summed E-state index contributed by atoms with van der Waals surface area (Å²) in [7, 11) is 4.16. The molecule has 4 heterocycles. The van der Waals surface area contributed by atoms with Gasteiger partial charge in [-0.25, -0.2) is 14.4 Å².